The molecule has 1 amide bonds. The van der Waals surface area contributed by atoms with E-state index in [4.69, 9.17) is 4.74 Å². The molecule has 3 heterocycles. The molecule has 7 heteroatoms. The molecule has 3 aromatic rings. The zero-order valence-corrected chi connectivity index (χ0v) is 14.8. The second-order valence-electron chi connectivity index (χ2n) is 6.60. The number of rotatable bonds is 4. The highest BCUT2D eigenvalue weighted by Crippen LogP contribution is 2.38. The molecule has 2 atom stereocenters. The van der Waals surface area contributed by atoms with Crippen LogP contribution >= 0.6 is 0 Å². The van der Waals surface area contributed by atoms with E-state index in [1.165, 1.54) is 0 Å². The van der Waals surface area contributed by atoms with Gasteiger partial charge in [0.2, 0.25) is 0 Å². The first-order valence-corrected chi connectivity index (χ1v) is 8.67. The van der Waals surface area contributed by atoms with Crippen LogP contribution in [0.5, 0.6) is 5.75 Å². The number of carbonyl (C=O) groups excluding carboxylic acids is 1. The Morgan fingerprint density at radius 1 is 1.15 bits per heavy atom. The van der Waals surface area contributed by atoms with Crippen molar-refractivity contribution in [2.24, 2.45) is 5.92 Å². The maximum Gasteiger partial charge on any atom is 0.308 e. The number of hydrogen-bond donors (Lipinski definition) is 1. The smallest absolute Gasteiger partial charge is 0.308 e. The van der Waals surface area contributed by atoms with Gasteiger partial charge in [-0.1, -0.05) is 24.3 Å². The van der Waals surface area contributed by atoms with Crippen molar-refractivity contribution in [1.29, 1.82) is 0 Å². The van der Waals surface area contributed by atoms with Crippen molar-refractivity contribution in [2.45, 2.75) is 5.92 Å². The number of benzene rings is 1. The Bertz CT molecular complexity index is 980. The van der Waals surface area contributed by atoms with Crippen LogP contribution in [0.2, 0.25) is 0 Å². The lowest BCUT2D eigenvalue weighted by Crippen LogP contribution is -2.30. The Morgan fingerprint density at radius 3 is 2.67 bits per heavy atom. The number of likely N-dealkylation sites (tertiary alicyclic amines) is 1. The molecule has 1 saturated heterocycles. The van der Waals surface area contributed by atoms with Crippen molar-refractivity contribution in [3.8, 4) is 5.75 Å². The monoisotopic (exact) mass is 365 g/mol. The van der Waals surface area contributed by atoms with E-state index in [-0.39, 0.29) is 18.4 Å². The Hall–Kier alpha value is -3.35. The summed E-state index contributed by atoms with van der Waals surface area (Å²) in [6, 6.07) is 12.9. The first kappa shape index (κ1) is 17.1. The highest BCUT2D eigenvalue weighted by Gasteiger charge is 2.42. The number of ether oxygens (including phenoxy) is 1. The van der Waals surface area contributed by atoms with E-state index < -0.39 is 11.9 Å². The zero-order chi connectivity index (χ0) is 19.0. The molecular weight excluding hydrogens is 346 g/mol. The molecular formula is C20H19N3O4. The van der Waals surface area contributed by atoms with Gasteiger partial charge < -0.3 is 19.1 Å². The highest BCUT2D eigenvalue weighted by molar-refractivity contribution is 5.93. The molecule has 0 bridgehead atoms. The number of carboxylic acid groups (broad SMARTS) is 1. The summed E-state index contributed by atoms with van der Waals surface area (Å²) in [6.45, 7) is 0.453. The predicted octanol–water partition coefficient (Wildman–Crippen LogP) is 2.28. The number of carbonyl (C=O) groups is 2. The molecule has 27 heavy (non-hydrogen) atoms. The third-order valence-electron chi connectivity index (χ3n) is 5.05. The Labute approximate surface area is 155 Å². The molecule has 1 aromatic carbocycles. The minimum atomic E-state index is -0.920. The average Bonchev–Trinajstić information content (AvgIpc) is 3.32. The second kappa shape index (κ2) is 6.75. The molecule has 7 nitrogen and oxygen atoms in total. The Kier molecular flexibility index (Phi) is 4.27. The van der Waals surface area contributed by atoms with Crippen molar-refractivity contribution in [3.05, 3.63) is 66.1 Å². The Balaban J connectivity index is 1.65. The Morgan fingerprint density at radius 2 is 1.93 bits per heavy atom. The van der Waals surface area contributed by atoms with E-state index in [9.17, 15) is 14.7 Å². The van der Waals surface area contributed by atoms with Gasteiger partial charge in [-0.25, -0.2) is 4.98 Å². The fourth-order valence-electron chi connectivity index (χ4n) is 3.71. The van der Waals surface area contributed by atoms with Gasteiger partial charge in [0.1, 0.15) is 17.1 Å². The fourth-order valence-corrected chi connectivity index (χ4v) is 3.71. The largest absolute Gasteiger partial charge is 0.496 e. The number of nitrogens with zero attached hydrogens (tertiary/aromatic N) is 3. The quantitative estimate of drug-likeness (QED) is 0.767. The maximum atomic E-state index is 12.9. The summed E-state index contributed by atoms with van der Waals surface area (Å²) in [5, 5.41) is 9.69. The molecule has 0 spiro atoms. The van der Waals surface area contributed by atoms with E-state index in [0.29, 0.717) is 23.6 Å². The number of aliphatic carboxylic acids is 1. The third-order valence-corrected chi connectivity index (χ3v) is 5.05. The normalized spacial score (nSPS) is 19.4. The van der Waals surface area contributed by atoms with E-state index in [2.05, 4.69) is 4.98 Å². The van der Waals surface area contributed by atoms with Crippen LogP contribution in [0.15, 0.2) is 54.9 Å². The molecule has 0 radical (unpaired) electrons. The number of hydrogen-bond acceptors (Lipinski definition) is 4. The summed E-state index contributed by atoms with van der Waals surface area (Å²) < 4.78 is 7.17. The van der Waals surface area contributed by atoms with Crippen molar-refractivity contribution in [2.75, 3.05) is 20.2 Å². The predicted molar refractivity (Wildman–Crippen MR) is 98.0 cm³/mol. The van der Waals surface area contributed by atoms with Gasteiger partial charge in [0, 0.05) is 31.4 Å². The summed E-state index contributed by atoms with van der Waals surface area (Å²) in [6.07, 6.45) is 3.49. The first-order valence-electron chi connectivity index (χ1n) is 8.67. The van der Waals surface area contributed by atoms with Gasteiger partial charge in [0.25, 0.3) is 5.91 Å². The first-order chi connectivity index (χ1) is 13.1. The van der Waals surface area contributed by atoms with Crippen LogP contribution in [-0.2, 0) is 4.79 Å². The average molecular weight is 365 g/mol. The van der Waals surface area contributed by atoms with Crippen molar-refractivity contribution >= 4 is 17.5 Å². The maximum absolute atomic E-state index is 12.9. The van der Waals surface area contributed by atoms with Crippen molar-refractivity contribution in [3.63, 3.8) is 0 Å². The molecule has 0 saturated carbocycles. The summed E-state index contributed by atoms with van der Waals surface area (Å²) in [5.74, 6) is -1.57. The molecule has 0 unspecified atom stereocenters. The van der Waals surface area contributed by atoms with Crippen molar-refractivity contribution in [1.82, 2.24) is 14.3 Å². The number of aromatic nitrogens is 2. The number of amides is 1. The van der Waals surface area contributed by atoms with E-state index in [0.717, 1.165) is 5.56 Å². The van der Waals surface area contributed by atoms with Gasteiger partial charge in [-0.3, -0.25) is 9.59 Å². The standard InChI is InChI=1S/C20H19N3O4/c1-27-17-7-3-2-6-13(17)14-10-23(11-15(14)20(25)26)19(24)16-12-22-9-5-4-8-18(22)21-16/h2-9,12,14-15H,10-11H2,1H3,(H,25,26)/t14-,15+/m0/s1. The molecule has 1 fully saturated rings. The zero-order valence-electron chi connectivity index (χ0n) is 14.8. The summed E-state index contributed by atoms with van der Waals surface area (Å²) in [7, 11) is 1.56. The summed E-state index contributed by atoms with van der Waals surface area (Å²) in [5.41, 5.74) is 1.79. The highest BCUT2D eigenvalue weighted by atomic mass is 16.5. The summed E-state index contributed by atoms with van der Waals surface area (Å²) in [4.78, 5) is 30.7. The second-order valence-corrected chi connectivity index (χ2v) is 6.60. The topological polar surface area (TPSA) is 84.1 Å². The van der Waals surface area contributed by atoms with Gasteiger partial charge in [0.05, 0.1) is 13.0 Å². The number of imidazole rings is 1. The SMILES string of the molecule is COc1ccccc1[C@@H]1CN(C(=O)c2cn3ccccc3n2)C[C@H]1C(=O)O. The molecule has 1 N–H and O–H groups in total. The lowest BCUT2D eigenvalue weighted by atomic mass is 9.88. The number of fused-ring (bicyclic) bond motifs is 1. The molecule has 4 rings (SSSR count). The molecule has 1 aliphatic rings. The van der Waals surface area contributed by atoms with Gasteiger partial charge in [-0.05, 0) is 23.8 Å². The number of pyridine rings is 1. The minimum absolute atomic E-state index is 0.144. The van der Waals surface area contributed by atoms with Crippen LogP contribution in [0, 0.1) is 5.92 Å². The molecule has 1 aliphatic heterocycles. The van der Waals surface area contributed by atoms with Crippen LogP contribution in [0.4, 0.5) is 0 Å². The lowest BCUT2D eigenvalue weighted by molar-refractivity contribution is -0.141. The number of para-hydroxylation sites is 1. The van der Waals surface area contributed by atoms with Gasteiger partial charge in [0.15, 0.2) is 0 Å². The molecule has 138 valence electrons. The van der Waals surface area contributed by atoms with Gasteiger partial charge in [-0.2, -0.15) is 0 Å². The lowest BCUT2D eigenvalue weighted by Gasteiger charge is -2.18. The van der Waals surface area contributed by atoms with Gasteiger partial charge >= 0.3 is 5.97 Å². The minimum Gasteiger partial charge on any atom is -0.496 e. The number of methoxy groups -OCH3 is 1. The van der Waals surface area contributed by atoms with E-state index in [1.807, 2.05) is 42.6 Å². The van der Waals surface area contributed by atoms with Crippen LogP contribution in [-0.4, -0.2) is 51.5 Å². The van der Waals surface area contributed by atoms with Crippen LogP contribution in [0.1, 0.15) is 22.0 Å². The molecule has 2 aromatic heterocycles. The van der Waals surface area contributed by atoms with E-state index in [1.54, 1.807) is 28.7 Å². The molecule has 0 aliphatic carbocycles. The number of carboxylic acids is 1. The van der Waals surface area contributed by atoms with E-state index >= 15 is 0 Å². The van der Waals surface area contributed by atoms with Crippen molar-refractivity contribution < 1.29 is 19.4 Å². The van der Waals surface area contributed by atoms with Crippen LogP contribution in [0.3, 0.4) is 0 Å². The fraction of sp³-hybridized carbons (Fsp3) is 0.250. The van der Waals surface area contributed by atoms with Gasteiger partial charge in [-0.15, -0.1) is 0 Å². The van der Waals surface area contributed by atoms with Crippen LogP contribution < -0.4 is 4.74 Å². The van der Waals surface area contributed by atoms with Crippen LogP contribution in [0.25, 0.3) is 5.65 Å². The third kappa shape index (κ3) is 3.01. The summed E-state index contributed by atoms with van der Waals surface area (Å²) >= 11 is 0.